The summed E-state index contributed by atoms with van der Waals surface area (Å²) in [5, 5.41) is 9.02. The highest BCUT2D eigenvalue weighted by Gasteiger charge is 2.29. The lowest BCUT2D eigenvalue weighted by Gasteiger charge is -2.11. The van der Waals surface area contributed by atoms with Crippen molar-refractivity contribution in [3.05, 3.63) is 63.8 Å². The maximum Gasteiger partial charge on any atom is 0.277 e. The molecular weight excluding hydrogens is 470 g/mol. The second-order valence-corrected chi connectivity index (χ2v) is 11.7. The molecule has 0 N–H and O–H groups in total. The second-order valence-electron chi connectivity index (χ2n) is 8.11. The minimum Gasteiger partial charge on any atom is -0.416 e. The summed E-state index contributed by atoms with van der Waals surface area (Å²) >= 11 is 7.49. The van der Waals surface area contributed by atoms with Crippen molar-refractivity contribution in [1.29, 1.82) is 0 Å². The zero-order chi connectivity index (χ0) is 22.9. The Bertz CT molecular complexity index is 1250. The van der Waals surface area contributed by atoms with Gasteiger partial charge in [-0.25, -0.2) is 8.42 Å². The van der Waals surface area contributed by atoms with E-state index in [0.29, 0.717) is 41.1 Å². The molecular formula is C22H24ClN3O4S2. The number of sulfone groups is 1. The van der Waals surface area contributed by atoms with Crippen LogP contribution in [-0.2, 0) is 22.8 Å². The van der Waals surface area contributed by atoms with Crippen molar-refractivity contribution in [3.8, 4) is 0 Å². The van der Waals surface area contributed by atoms with Crippen LogP contribution in [0.5, 0.6) is 0 Å². The summed E-state index contributed by atoms with van der Waals surface area (Å²) in [6.45, 7) is 4.51. The molecule has 3 heterocycles. The Labute approximate surface area is 196 Å². The summed E-state index contributed by atoms with van der Waals surface area (Å²) < 4.78 is 30.9. The SMILES string of the molecule is Cc1cc(C(=O)CSc2nnc(CC3CCS(=O)(=O)C3)o2)c(C)n1Cc1ccccc1Cl. The van der Waals surface area contributed by atoms with Gasteiger partial charge in [0.1, 0.15) is 0 Å². The predicted molar refractivity (Wildman–Crippen MR) is 124 cm³/mol. The summed E-state index contributed by atoms with van der Waals surface area (Å²) in [6, 6.07) is 9.58. The summed E-state index contributed by atoms with van der Waals surface area (Å²) in [5.41, 5.74) is 3.54. The fourth-order valence-corrected chi connectivity index (χ4v) is 6.71. The summed E-state index contributed by atoms with van der Waals surface area (Å²) in [7, 11) is -2.94. The van der Waals surface area contributed by atoms with E-state index in [2.05, 4.69) is 14.8 Å². The van der Waals surface area contributed by atoms with Gasteiger partial charge >= 0.3 is 0 Å². The van der Waals surface area contributed by atoms with Gasteiger partial charge in [0.15, 0.2) is 15.6 Å². The summed E-state index contributed by atoms with van der Waals surface area (Å²) in [6.07, 6.45) is 1.07. The van der Waals surface area contributed by atoms with Crippen LogP contribution in [0.3, 0.4) is 0 Å². The molecule has 1 fully saturated rings. The third kappa shape index (κ3) is 5.27. The van der Waals surface area contributed by atoms with E-state index in [9.17, 15) is 13.2 Å². The van der Waals surface area contributed by atoms with Crippen molar-refractivity contribution in [2.75, 3.05) is 17.3 Å². The van der Waals surface area contributed by atoms with Crippen LogP contribution in [-0.4, -0.2) is 46.2 Å². The molecule has 1 saturated heterocycles. The van der Waals surface area contributed by atoms with E-state index < -0.39 is 9.84 Å². The highest BCUT2D eigenvalue weighted by Crippen LogP contribution is 2.26. The topological polar surface area (TPSA) is 95.1 Å². The zero-order valence-electron chi connectivity index (χ0n) is 17.9. The van der Waals surface area contributed by atoms with Gasteiger partial charge in [0.2, 0.25) is 5.89 Å². The molecule has 0 saturated carbocycles. The first kappa shape index (κ1) is 23.1. The van der Waals surface area contributed by atoms with Crippen molar-refractivity contribution in [2.24, 2.45) is 5.92 Å². The number of nitrogens with zero attached hydrogens (tertiary/aromatic N) is 3. The second kappa shape index (κ2) is 9.41. The number of halogens is 1. The third-order valence-corrected chi connectivity index (χ3v) is 8.75. The van der Waals surface area contributed by atoms with Crippen molar-refractivity contribution in [1.82, 2.24) is 14.8 Å². The van der Waals surface area contributed by atoms with Gasteiger partial charge in [-0.1, -0.05) is 41.6 Å². The molecule has 7 nitrogen and oxygen atoms in total. The molecule has 2 aromatic heterocycles. The van der Waals surface area contributed by atoms with E-state index in [4.69, 9.17) is 16.0 Å². The number of Topliss-reactive ketones (excluding diaryl/α,β-unsaturated/α-hetero) is 1. The van der Waals surface area contributed by atoms with Crippen LogP contribution in [0.25, 0.3) is 0 Å². The average Bonchev–Trinajstić information content (AvgIpc) is 3.41. The number of carbonyl (C=O) groups excluding carboxylic acids is 1. The number of benzene rings is 1. The predicted octanol–water partition coefficient (Wildman–Crippen LogP) is 4.14. The van der Waals surface area contributed by atoms with Crippen molar-refractivity contribution < 1.29 is 17.6 Å². The summed E-state index contributed by atoms with van der Waals surface area (Å²) in [5.74, 6) is 0.978. The number of aryl methyl sites for hydroxylation is 1. The van der Waals surface area contributed by atoms with E-state index >= 15 is 0 Å². The molecule has 1 aliphatic heterocycles. The van der Waals surface area contributed by atoms with Crippen LogP contribution in [0.1, 0.15) is 39.6 Å². The van der Waals surface area contributed by atoms with Crippen LogP contribution in [0.4, 0.5) is 0 Å². The minimum absolute atomic E-state index is 0.0171. The minimum atomic E-state index is -2.94. The molecule has 10 heteroatoms. The Morgan fingerprint density at radius 2 is 2.06 bits per heavy atom. The number of hydrogen-bond donors (Lipinski definition) is 0. The van der Waals surface area contributed by atoms with E-state index in [0.717, 1.165) is 17.0 Å². The highest BCUT2D eigenvalue weighted by atomic mass is 35.5. The molecule has 3 aromatic rings. The maximum atomic E-state index is 12.9. The Kier molecular flexibility index (Phi) is 6.78. The number of hydrogen-bond acceptors (Lipinski definition) is 7. The quantitative estimate of drug-likeness (QED) is 0.343. The molecule has 32 heavy (non-hydrogen) atoms. The zero-order valence-corrected chi connectivity index (χ0v) is 20.3. The Hall–Kier alpha value is -2.10. The fourth-order valence-electron chi connectivity index (χ4n) is 3.99. The number of rotatable bonds is 8. The molecule has 1 aliphatic rings. The summed E-state index contributed by atoms with van der Waals surface area (Å²) in [4.78, 5) is 12.9. The first-order chi connectivity index (χ1) is 15.2. The normalized spacial score (nSPS) is 17.7. The molecule has 4 rings (SSSR count). The lowest BCUT2D eigenvalue weighted by atomic mass is 10.1. The molecule has 0 bridgehead atoms. The van der Waals surface area contributed by atoms with E-state index in [1.165, 1.54) is 11.8 Å². The Balaban J connectivity index is 1.38. The molecule has 170 valence electrons. The molecule has 0 radical (unpaired) electrons. The standard InChI is InChI=1S/C22H24ClN3O4S2/c1-14-9-18(15(2)26(14)11-17-5-3-4-6-19(17)23)20(27)12-31-22-25-24-21(30-22)10-16-7-8-32(28,29)13-16/h3-6,9,16H,7-8,10-13H2,1-2H3. The fraction of sp³-hybridized carbons (Fsp3) is 0.409. The van der Waals surface area contributed by atoms with Gasteiger partial charge in [-0.2, -0.15) is 0 Å². The van der Waals surface area contributed by atoms with Gasteiger partial charge in [0.05, 0.1) is 17.3 Å². The van der Waals surface area contributed by atoms with Crippen molar-refractivity contribution >= 4 is 39.0 Å². The Morgan fingerprint density at radius 3 is 2.78 bits per heavy atom. The average molecular weight is 494 g/mol. The van der Waals surface area contributed by atoms with Gasteiger partial charge in [0, 0.05) is 34.9 Å². The molecule has 0 spiro atoms. The third-order valence-electron chi connectivity index (χ3n) is 5.73. The van der Waals surface area contributed by atoms with Gasteiger partial charge in [-0.3, -0.25) is 4.79 Å². The van der Waals surface area contributed by atoms with Crippen LogP contribution < -0.4 is 0 Å². The number of ketones is 1. The van der Waals surface area contributed by atoms with Gasteiger partial charge in [-0.05, 0) is 43.9 Å². The molecule has 0 amide bonds. The monoisotopic (exact) mass is 493 g/mol. The lowest BCUT2D eigenvalue weighted by molar-refractivity contribution is 0.102. The van der Waals surface area contributed by atoms with Gasteiger partial charge in [-0.15, -0.1) is 10.2 Å². The van der Waals surface area contributed by atoms with E-state index in [1.54, 1.807) is 0 Å². The Morgan fingerprint density at radius 1 is 1.28 bits per heavy atom. The van der Waals surface area contributed by atoms with Crippen LogP contribution >= 0.6 is 23.4 Å². The number of aromatic nitrogens is 3. The largest absolute Gasteiger partial charge is 0.416 e. The van der Waals surface area contributed by atoms with Crippen LogP contribution in [0.2, 0.25) is 5.02 Å². The first-order valence-electron chi connectivity index (χ1n) is 10.3. The molecule has 1 unspecified atom stereocenters. The number of carbonyl (C=O) groups is 1. The molecule has 0 aliphatic carbocycles. The first-order valence-corrected chi connectivity index (χ1v) is 13.5. The van der Waals surface area contributed by atoms with Crippen molar-refractivity contribution in [3.63, 3.8) is 0 Å². The van der Waals surface area contributed by atoms with Gasteiger partial charge in [0.25, 0.3) is 5.22 Å². The number of thioether (sulfide) groups is 1. The smallest absolute Gasteiger partial charge is 0.277 e. The maximum absolute atomic E-state index is 12.9. The van der Waals surface area contributed by atoms with E-state index in [-0.39, 0.29) is 29.0 Å². The van der Waals surface area contributed by atoms with Gasteiger partial charge < -0.3 is 8.98 Å². The van der Waals surface area contributed by atoms with E-state index in [1.807, 2.05) is 44.2 Å². The van der Waals surface area contributed by atoms with Crippen LogP contribution in [0, 0.1) is 19.8 Å². The lowest BCUT2D eigenvalue weighted by Crippen LogP contribution is -2.08. The van der Waals surface area contributed by atoms with Crippen LogP contribution in [0.15, 0.2) is 40.0 Å². The van der Waals surface area contributed by atoms with Crippen molar-refractivity contribution in [2.45, 2.75) is 38.5 Å². The molecule has 1 aromatic carbocycles. The molecule has 1 atom stereocenters. The highest BCUT2D eigenvalue weighted by molar-refractivity contribution is 7.99.